The Morgan fingerprint density at radius 1 is 1.24 bits per heavy atom. The van der Waals surface area contributed by atoms with Gasteiger partial charge in [0.05, 0.1) is 17.8 Å². The zero-order valence-electron chi connectivity index (χ0n) is 13.8. The van der Waals surface area contributed by atoms with Crippen molar-refractivity contribution in [2.75, 3.05) is 7.11 Å². The van der Waals surface area contributed by atoms with Crippen LogP contribution in [0.25, 0.3) is 11.3 Å². The fourth-order valence-corrected chi connectivity index (χ4v) is 2.97. The number of ether oxygens (including phenoxy) is 2. The number of methoxy groups -OCH3 is 1. The molecule has 0 radical (unpaired) electrons. The average molecular weight is 357 g/mol. The van der Waals surface area contributed by atoms with Crippen molar-refractivity contribution >= 4 is 17.3 Å². The smallest absolute Gasteiger partial charge is 0.341 e. The normalized spacial score (nSPS) is 10.5. The fraction of sp³-hybridized carbons (Fsp3) is 0.158. The second-order valence-electron chi connectivity index (χ2n) is 5.33. The lowest BCUT2D eigenvalue weighted by molar-refractivity contribution is 0.0595. The van der Waals surface area contributed by atoms with Crippen molar-refractivity contribution in [3.8, 4) is 17.0 Å². The molecule has 0 amide bonds. The lowest BCUT2D eigenvalue weighted by Gasteiger charge is -2.12. The van der Waals surface area contributed by atoms with Crippen molar-refractivity contribution in [2.45, 2.75) is 13.5 Å². The predicted molar refractivity (Wildman–Crippen MR) is 94.4 cm³/mol. The first-order chi connectivity index (χ1) is 12.1. The monoisotopic (exact) mass is 357 g/mol. The first-order valence-corrected chi connectivity index (χ1v) is 8.47. The molecule has 0 N–H and O–H groups in total. The van der Waals surface area contributed by atoms with Crippen LogP contribution in [0, 0.1) is 12.7 Å². The van der Waals surface area contributed by atoms with Crippen molar-refractivity contribution in [1.29, 1.82) is 0 Å². The van der Waals surface area contributed by atoms with E-state index in [1.807, 2.05) is 18.4 Å². The number of aryl methyl sites for hydroxylation is 1. The molecule has 0 aliphatic rings. The molecule has 0 fully saturated rings. The molecular weight excluding hydrogens is 341 g/mol. The summed E-state index contributed by atoms with van der Waals surface area (Å²) in [6.45, 7) is 1.94. The molecule has 0 unspecified atom stereocenters. The van der Waals surface area contributed by atoms with Gasteiger partial charge in [0.2, 0.25) is 0 Å². The van der Waals surface area contributed by atoms with Gasteiger partial charge in [-0.05, 0) is 31.2 Å². The van der Waals surface area contributed by atoms with Crippen molar-refractivity contribution in [3.05, 3.63) is 69.8 Å². The van der Waals surface area contributed by atoms with Crippen LogP contribution in [0.2, 0.25) is 0 Å². The average Bonchev–Trinajstić information content (AvgIpc) is 3.06. The van der Waals surface area contributed by atoms with Gasteiger partial charge in [0.25, 0.3) is 0 Å². The summed E-state index contributed by atoms with van der Waals surface area (Å²) in [5.41, 5.74) is 2.27. The molecule has 1 aromatic heterocycles. The largest absolute Gasteiger partial charge is 0.488 e. The number of esters is 1. The summed E-state index contributed by atoms with van der Waals surface area (Å²) in [5, 5.41) is 2.86. The second-order valence-corrected chi connectivity index (χ2v) is 6.40. The first-order valence-electron chi connectivity index (χ1n) is 7.59. The second kappa shape index (κ2) is 7.44. The third-order valence-electron chi connectivity index (χ3n) is 3.64. The molecule has 0 aliphatic heterocycles. The molecule has 3 rings (SSSR count). The molecule has 2 aromatic carbocycles. The van der Waals surface area contributed by atoms with Crippen molar-refractivity contribution < 1.29 is 18.7 Å². The Hall–Kier alpha value is -2.73. The summed E-state index contributed by atoms with van der Waals surface area (Å²) < 4.78 is 24.2. The van der Waals surface area contributed by atoms with Gasteiger partial charge >= 0.3 is 5.97 Å². The van der Waals surface area contributed by atoms with Gasteiger partial charge in [-0.3, -0.25) is 0 Å². The number of carbonyl (C=O) groups is 1. The zero-order chi connectivity index (χ0) is 17.8. The van der Waals surface area contributed by atoms with Crippen LogP contribution in [0.5, 0.6) is 5.75 Å². The van der Waals surface area contributed by atoms with Crippen molar-refractivity contribution in [1.82, 2.24) is 4.98 Å². The van der Waals surface area contributed by atoms with Crippen LogP contribution in [0.4, 0.5) is 4.39 Å². The van der Waals surface area contributed by atoms with E-state index in [0.717, 1.165) is 16.3 Å². The van der Waals surface area contributed by atoms with Gasteiger partial charge in [0.15, 0.2) is 0 Å². The number of nitrogens with zero attached hydrogens (tertiary/aromatic N) is 1. The number of carbonyl (C=O) groups excluding carboxylic acids is 1. The number of hydrogen-bond acceptors (Lipinski definition) is 5. The Morgan fingerprint density at radius 2 is 2.04 bits per heavy atom. The van der Waals surface area contributed by atoms with E-state index in [2.05, 4.69) is 4.98 Å². The van der Waals surface area contributed by atoms with E-state index in [4.69, 9.17) is 9.47 Å². The Morgan fingerprint density at radius 3 is 2.72 bits per heavy atom. The molecule has 0 saturated heterocycles. The van der Waals surface area contributed by atoms with Crippen LogP contribution in [0.15, 0.2) is 47.8 Å². The molecule has 1 heterocycles. The lowest BCUT2D eigenvalue weighted by Crippen LogP contribution is -2.07. The van der Waals surface area contributed by atoms with E-state index in [1.165, 1.54) is 24.5 Å². The molecule has 128 valence electrons. The number of hydrogen-bond donors (Lipinski definition) is 0. The Bertz CT molecular complexity index is 907. The van der Waals surface area contributed by atoms with E-state index >= 15 is 0 Å². The van der Waals surface area contributed by atoms with Crippen molar-refractivity contribution in [3.63, 3.8) is 0 Å². The molecule has 0 aliphatic carbocycles. The summed E-state index contributed by atoms with van der Waals surface area (Å²) in [7, 11) is 1.31. The summed E-state index contributed by atoms with van der Waals surface area (Å²) in [4.78, 5) is 16.5. The number of benzene rings is 2. The molecular formula is C19H16FNO3S. The summed E-state index contributed by atoms with van der Waals surface area (Å²) in [6, 6.07) is 11.5. The maximum Gasteiger partial charge on any atom is 0.341 e. The van der Waals surface area contributed by atoms with Gasteiger partial charge < -0.3 is 9.47 Å². The third-order valence-corrected chi connectivity index (χ3v) is 4.41. The van der Waals surface area contributed by atoms with Gasteiger partial charge in [0.1, 0.15) is 23.7 Å². The Kier molecular flexibility index (Phi) is 5.09. The maximum absolute atomic E-state index is 13.7. The number of aromatic nitrogens is 1. The van der Waals surface area contributed by atoms with E-state index < -0.39 is 5.97 Å². The van der Waals surface area contributed by atoms with E-state index in [1.54, 1.807) is 30.3 Å². The molecule has 6 heteroatoms. The van der Waals surface area contributed by atoms with Gasteiger partial charge in [-0.15, -0.1) is 11.3 Å². The minimum atomic E-state index is -0.516. The minimum Gasteiger partial charge on any atom is -0.488 e. The van der Waals surface area contributed by atoms with E-state index in [-0.39, 0.29) is 18.0 Å². The van der Waals surface area contributed by atoms with Crippen LogP contribution < -0.4 is 4.74 Å². The van der Waals surface area contributed by atoms with Crippen molar-refractivity contribution in [2.24, 2.45) is 0 Å². The molecule has 3 aromatic rings. The molecule has 0 saturated carbocycles. The van der Waals surface area contributed by atoms with Crippen LogP contribution in [0.1, 0.15) is 20.9 Å². The van der Waals surface area contributed by atoms with Crippen LogP contribution in [0.3, 0.4) is 0 Å². The number of halogens is 1. The zero-order valence-corrected chi connectivity index (χ0v) is 14.6. The highest BCUT2D eigenvalue weighted by atomic mass is 32.1. The highest BCUT2D eigenvalue weighted by molar-refractivity contribution is 7.09. The van der Waals surface area contributed by atoms with E-state index in [9.17, 15) is 9.18 Å². The predicted octanol–water partition coefficient (Wildman–Crippen LogP) is 4.62. The van der Waals surface area contributed by atoms with Gasteiger partial charge in [0, 0.05) is 16.5 Å². The minimum absolute atomic E-state index is 0.0197. The van der Waals surface area contributed by atoms with Gasteiger partial charge in [-0.25, -0.2) is 14.2 Å². The van der Waals surface area contributed by atoms with Crippen LogP contribution in [-0.4, -0.2) is 18.1 Å². The third kappa shape index (κ3) is 3.85. The highest BCUT2D eigenvalue weighted by Crippen LogP contribution is 2.29. The standard InChI is InChI=1S/C19H16FNO3S/c1-12-21-17(11-25-12)13-7-8-18(15(9-13)19(22)23-2)24-10-14-5-3-4-6-16(14)20/h3-9,11H,10H2,1-2H3. The van der Waals surface area contributed by atoms with Crippen LogP contribution >= 0.6 is 11.3 Å². The first kappa shape index (κ1) is 17.1. The fourth-order valence-electron chi connectivity index (χ4n) is 2.35. The summed E-state index contributed by atoms with van der Waals surface area (Å²) >= 11 is 1.53. The summed E-state index contributed by atoms with van der Waals surface area (Å²) in [5.74, 6) is -0.528. The quantitative estimate of drug-likeness (QED) is 0.625. The molecule has 0 atom stereocenters. The number of thiazole rings is 1. The van der Waals surface area contributed by atoms with Gasteiger partial charge in [-0.1, -0.05) is 18.2 Å². The van der Waals surface area contributed by atoms with E-state index in [0.29, 0.717) is 11.3 Å². The highest BCUT2D eigenvalue weighted by Gasteiger charge is 2.16. The maximum atomic E-state index is 13.7. The summed E-state index contributed by atoms with van der Waals surface area (Å²) in [6.07, 6.45) is 0. The lowest BCUT2D eigenvalue weighted by atomic mass is 10.1. The Labute approximate surface area is 148 Å². The molecule has 0 spiro atoms. The van der Waals surface area contributed by atoms with Gasteiger partial charge in [-0.2, -0.15) is 0 Å². The molecule has 25 heavy (non-hydrogen) atoms. The van der Waals surface area contributed by atoms with Crippen LogP contribution in [-0.2, 0) is 11.3 Å². The number of rotatable bonds is 5. The molecule has 4 nitrogen and oxygen atoms in total. The Balaban J connectivity index is 1.90. The topological polar surface area (TPSA) is 48.4 Å². The molecule has 0 bridgehead atoms. The SMILES string of the molecule is COC(=O)c1cc(-c2csc(C)n2)ccc1OCc1ccccc1F.